The molecule has 0 aromatic carbocycles. The molecule has 0 aromatic rings. The zero-order valence-electron chi connectivity index (χ0n) is 5.30. The van der Waals surface area contributed by atoms with Crippen LogP contribution in [0.4, 0.5) is 0 Å². The minimum Gasteiger partial charge on any atom is -0.0938 e. The molecule has 0 N–H and O–H groups in total. The van der Waals surface area contributed by atoms with Crippen LogP contribution in [0.25, 0.3) is 0 Å². The van der Waals surface area contributed by atoms with Gasteiger partial charge in [0.15, 0.2) is 0 Å². The molecule has 0 heterocycles. The van der Waals surface area contributed by atoms with Gasteiger partial charge >= 0.3 is 0 Å². The molecule has 2 radical (unpaired) electrons. The molecule has 42 valence electrons. The van der Waals surface area contributed by atoms with Crippen molar-refractivity contribution in [2.24, 2.45) is 5.92 Å². The predicted molar refractivity (Wildman–Crippen MR) is 37.0 cm³/mol. The molecule has 8 heavy (non-hydrogen) atoms. The zero-order valence-corrected chi connectivity index (χ0v) is 5.30. The molecular weight excluding hydrogens is 94.9 g/mol. The van der Waals surface area contributed by atoms with Crippen LogP contribution in [0.15, 0.2) is 12.2 Å². The normalized spacial score (nSPS) is 37.6. The molecule has 0 aliphatic heterocycles. The highest BCUT2D eigenvalue weighted by Gasteiger charge is 2.06. The van der Waals surface area contributed by atoms with E-state index < -0.39 is 0 Å². The maximum atomic E-state index is 5.61. The second-order valence-electron chi connectivity index (χ2n) is 2.60. The van der Waals surface area contributed by atoms with E-state index in [9.17, 15) is 0 Å². The van der Waals surface area contributed by atoms with Gasteiger partial charge in [0.2, 0.25) is 0 Å². The van der Waals surface area contributed by atoms with Gasteiger partial charge in [-0.15, -0.1) is 0 Å². The molecule has 0 saturated heterocycles. The third kappa shape index (κ3) is 1.39. The van der Waals surface area contributed by atoms with Crippen molar-refractivity contribution in [3.8, 4) is 0 Å². The van der Waals surface area contributed by atoms with Gasteiger partial charge in [0.05, 0.1) is 7.85 Å². The van der Waals surface area contributed by atoms with Gasteiger partial charge in [-0.3, -0.25) is 0 Å². The van der Waals surface area contributed by atoms with Crippen LogP contribution in [0.3, 0.4) is 0 Å². The topological polar surface area (TPSA) is 0 Å². The van der Waals surface area contributed by atoms with E-state index in [0.29, 0.717) is 5.82 Å². The molecular formula is C7H11B. The van der Waals surface area contributed by atoms with E-state index in [0.717, 1.165) is 12.3 Å². The van der Waals surface area contributed by atoms with Gasteiger partial charge in [0.25, 0.3) is 0 Å². The monoisotopic (exact) mass is 106 g/mol. The second kappa shape index (κ2) is 2.39. The van der Waals surface area contributed by atoms with Gasteiger partial charge in [-0.1, -0.05) is 31.3 Å². The van der Waals surface area contributed by atoms with Crippen molar-refractivity contribution >= 4 is 7.85 Å². The van der Waals surface area contributed by atoms with Crippen LogP contribution >= 0.6 is 0 Å². The maximum Gasteiger partial charge on any atom is 0.0755 e. The summed E-state index contributed by atoms with van der Waals surface area (Å²) >= 11 is 0. The first-order valence-electron chi connectivity index (χ1n) is 3.23. The van der Waals surface area contributed by atoms with Crippen molar-refractivity contribution in [3.63, 3.8) is 0 Å². The SMILES string of the molecule is [B]C1C=CC(C)CC1. The Hall–Kier alpha value is -0.195. The molecule has 0 bridgehead atoms. The first-order valence-corrected chi connectivity index (χ1v) is 3.23. The molecule has 1 aliphatic carbocycles. The minimum absolute atomic E-state index is 0.339. The number of hydrogen-bond donors (Lipinski definition) is 0. The van der Waals surface area contributed by atoms with Crippen molar-refractivity contribution < 1.29 is 0 Å². The third-order valence-corrected chi connectivity index (χ3v) is 1.64. The molecule has 0 aromatic heterocycles. The van der Waals surface area contributed by atoms with Crippen LogP contribution in [0.5, 0.6) is 0 Å². The molecule has 2 atom stereocenters. The Morgan fingerprint density at radius 3 is 2.50 bits per heavy atom. The maximum absolute atomic E-state index is 5.61. The summed E-state index contributed by atoms with van der Waals surface area (Å²) in [5.74, 6) is 1.10. The zero-order chi connectivity index (χ0) is 5.98. The largest absolute Gasteiger partial charge is 0.0938 e. The van der Waals surface area contributed by atoms with Crippen LogP contribution in [-0.2, 0) is 0 Å². The average Bonchev–Trinajstić information content (AvgIpc) is 1.77. The number of hydrogen-bond acceptors (Lipinski definition) is 0. The molecule has 0 nitrogen and oxygen atoms in total. The molecule has 1 aliphatic rings. The standard InChI is InChI=1S/C7H11B/c1-6-2-4-7(8)5-3-6/h2,4,6-7H,3,5H2,1H3. The van der Waals surface area contributed by atoms with Crippen LogP contribution in [0.1, 0.15) is 19.8 Å². The summed E-state index contributed by atoms with van der Waals surface area (Å²) in [6.07, 6.45) is 6.73. The van der Waals surface area contributed by atoms with Crippen LogP contribution < -0.4 is 0 Å². The van der Waals surface area contributed by atoms with Gasteiger partial charge in [0.1, 0.15) is 0 Å². The molecule has 2 unspecified atom stereocenters. The number of rotatable bonds is 0. The van der Waals surface area contributed by atoms with Crippen LogP contribution in [0.2, 0.25) is 5.82 Å². The van der Waals surface area contributed by atoms with E-state index in [-0.39, 0.29) is 0 Å². The molecule has 1 heteroatoms. The second-order valence-corrected chi connectivity index (χ2v) is 2.60. The lowest BCUT2D eigenvalue weighted by atomic mass is 9.77. The first kappa shape index (κ1) is 5.93. The van der Waals surface area contributed by atoms with E-state index in [4.69, 9.17) is 7.85 Å². The van der Waals surface area contributed by atoms with Gasteiger partial charge < -0.3 is 0 Å². The molecule has 1 rings (SSSR count). The Kier molecular flexibility index (Phi) is 1.77. The Labute approximate surface area is 52.4 Å². The van der Waals surface area contributed by atoms with Crippen molar-refractivity contribution in [2.45, 2.75) is 25.6 Å². The highest BCUT2D eigenvalue weighted by molar-refractivity contribution is 6.12. The van der Waals surface area contributed by atoms with Gasteiger partial charge in [0, 0.05) is 0 Å². The van der Waals surface area contributed by atoms with Crippen LogP contribution in [0, 0.1) is 5.92 Å². The highest BCUT2D eigenvalue weighted by Crippen LogP contribution is 2.22. The Bertz CT molecular complexity index is 84.6. The van der Waals surface area contributed by atoms with E-state index in [1.54, 1.807) is 0 Å². The molecule has 0 saturated carbocycles. The Morgan fingerprint density at radius 1 is 1.38 bits per heavy atom. The van der Waals surface area contributed by atoms with Crippen LogP contribution in [-0.4, -0.2) is 7.85 Å². The third-order valence-electron chi connectivity index (χ3n) is 1.64. The lowest BCUT2D eigenvalue weighted by Crippen LogP contribution is -2.00. The van der Waals surface area contributed by atoms with Gasteiger partial charge in [-0.05, 0) is 12.3 Å². The van der Waals surface area contributed by atoms with E-state index >= 15 is 0 Å². The fourth-order valence-electron chi connectivity index (χ4n) is 0.980. The Balaban J connectivity index is 2.42. The predicted octanol–water partition coefficient (Wildman–Crippen LogP) is 1.93. The van der Waals surface area contributed by atoms with Gasteiger partial charge in [-0.25, -0.2) is 0 Å². The lowest BCUT2D eigenvalue weighted by Gasteiger charge is -2.15. The lowest BCUT2D eigenvalue weighted by molar-refractivity contribution is 0.584. The van der Waals surface area contributed by atoms with Gasteiger partial charge in [-0.2, -0.15) is 0 Å². The van der Waals surface area contributed by atoms with E-state index in [1.807, 2.05) is 0 Å². The molecule has 0 fully saturated rings. The Morgan fingerprint density at radius 2 is 2.12 bits per heavy atom. The summed E-state index contributed by atoms with van der Waals surface area (Å²) in [6, 6.07) is 0. The summed E-state index contributed by atoms with van der Waals surface area (Å²) in [5.41, 5.74) is 0. The van der Waals surface area contributed by atoms with E-state index in [2.05, 4.69) is 19.1 Å². The van der Waals surface area contributed by atoms with Crippen molar-refractivity contribution in [3.05, 3.63) is 12.2 Å². The fourth-order valence-corrected chi connectivity index (χ4v) is 0.980. The summed E-state index contributed by atoms with van der Waals surface area (Å²) in [4.78, 5) is 0. The molecule has 0 spiro atoms. The van der Waals surface area contributed by atoms with Crippen molar-refractivity contribution in [1.82, 2.24) is 0 Å². The highest BCUT2D eigenvalue weighted by atomic mass is 14.1. The quantitative estimate of drug-likeness (QED) is 0.327. The summed E-state index contributed by atoms with van der Waals surface area (Å²) < 4.78 is 0. The van der Waals surface area contributed by atoms with Crippen molar-refractivity contribution in [1.29, 1.82) is 0 Å². The summed E-state index contributed by atoms with van der Waals surface area (Å²) in [7, 11) is 5.61. The number of allylic oxidation sites excluding steroid dienone is 2. The average molecular weight is 106 g/mol. The van der Waals surface area contributed by atoms with Crippen molar-refractivity contribution in [2.75, 3.05) is 0 Å². The summed E-state index contributed by atoms with van der Waals surface area (Å²) in [6.45, 7) is 2.22. The van der Waals surface area contributed by atoms with E-state index in [1.165, 1.54) is 6.42 Å². The first-order chi connectivity index (χ1) is 3.79. The fraction of sp³-hybridized carbons (Fsp3) is 0.714. The minimum atomic E-state index is 0.339. The summed E-state index contributed by atoms with van der Waals surface area (Å²) in [5, 5.41) is 0. The molecule has 0 amide bonds. The smallest absolute Gasteiger partial charge is 0.0755 e.